The Balaban J connectivity index is 1.41. The van der Waals surface area contributed by atoms with Gasteiger partial charge in [-0.1, -0.05) is 29.4 Å². The van der Waals surface area contributed by atoms with E-state index in [1.165, 1.54) is 37.4 Å². The number of hydrogen-bond donors (Lipinski definition) is 1. The van der Waals surface area contributed by atoms with Crippen molar-refractivity contribution in [2.45, 2.75) is 36.9 Å². The van der Waals surface area contributed by atoms with Crippen LogP contribution in [0.15, 0.2) is 29.4 Å². The number of thioether (sulfide) groups is 1. The van der Waals surface area contributed by atoms with E-state index >= 15 is 0 Å². The van der Waals surface area contributed by atoms with E-state index in [4.69, 9.17) is 11.6 Å². The van der Waals surface area contributed by atoms with Gasteiger partial charge in [-0.3, -0.25) is 9.36 Å². The highest BCUT2D eigenvalue weighted by Gasteiger charge is 2.32. The average Bonchev–Trinajstić information content (AvgIpc) is 3.11. The van der Waals surface area contributed by atoms with E-state index in [1.54, 1.807) is 12.1 Å². The first-order valence-corrected chi connectivity index (χ1v) is 9.95. The molecular formula is C17H20ClN5OS. The van der Waals surface area contributed by atoms with Gasteiger partial charge in [0.05, 0.1) is 5.75 Å². The molecule has 4 rings (SSSR count). The van der Waals surface area contributed by atoms with E-state index in [2.05, 4.69) is 25.0 Å². The van der Waals surface area contributed by atoms with E-state index in [1.807, 2.05) is 12.1 Å². The number of carbonyl (C=O) groups is 1. The molecule has 1 aliphatic carbocycles. The summed E-state index contributed by atoms with van der Waals surface area (Å²) in [6.07, 6.45) is 4.76. The smallest absolute Gasteiger partial charge is 0.234 e. The van der Waals surface area contributed by atoms with Crippen LogP contribution in [0.5, 0.6) is 0 Å². The maximum absolute atomic E-state index is 12.2. The van der Waals surface area contributed by atoms with Crippen LogP contribution in [-0.4, -0.2) is 39.5 Å². The highest BCUT2D eigenvalue weighted by molar-refractivity contribution is 7.99. The lowest BCUT2D eigenvalue weighted by Gasteiger charge is -2.17. The number of nitrogens with zero attached hydrogens (tertiary/aromatic N) is 4. The molecule has 1 saturated carbocycles. The Morgan fingerprint density at radius 3 is 2.80 bits per heavy atom. The molecule has 2 aliphatic rings. The summed E-state index contributed by atoms with van der Waals surface area (Å²) < 4.78 is 2.22. The number of benzene rings is 1. The molecule has 1 amide bonds. The number of aromatic nitrogens is 3. The molecule has 2 heterocycles. The second-order valence-electron chi connectivity index (χ2n) is 6.43. The van der Waals surface area contributed by atoms with E-state index in [9.17, 15) is 4.79 Å². The van der Waals surface area contributed by atoms with Gasteiger partial charge >= 0.3 is 0 Å². The van der Waals surface area contributed by atoms with E-state index in [0.717, 1.165) is 24.2 Å². The minimum Gasteiger partial charge on any atom is -0.341 e. The topological polar surface area (TPSA) is 63.1 Å². The zero-order chi connectivity index (χ0) is 17.2. The first kappa shape index (κ1) is 16.7. The van der Waals surface area contributed by atoms with Crippen molar-refractivity contribution < 1.29 is 4.79 Å². The molecule has 1 aromatic carbocycles. The number of carbonyl (C=O) groups excluding carboxylic acids is 1. The van der Waals surface area contributed by atoms with Crippen LogP contribution in [0.4, 0.5) is 11.6 Å². The van der Waals surface area contributed by atoms with Crippen LogP contribution >= 0.6 is 23.4 Å². The molecule has 0 unspecified atom stereocenters. The molecule has 25 heavy (non-hydrogen) atoms. The number of hydrogen-bond acceptors (Lipinski definition) is 5. The summed E-state index contributed by atoms with van der Waals surface area (Å²) in [6.45, 7) is 2.09. The summed E-state index contributed by atoms with van der Waals surface area (Å²) in [5.41, 5.74) is 0.708. The average molecular weight is 378 g/mol. The molecule has 1 saturated heterocycles. The maximum atomic E-state index is 12.2. The number of anilines is 2. The summed E-state index contributed by atoms with van der Waals surface area (Å²) in [7, 11) is 0. The van der Waals surface area contributed by atoms with E-state index < -0.39 is 0 Å². The van der Waals surface area contributed by atoms with Gasteiger partial charge < -0.3 is 10.2 Å². The number of halogens is 1. The Kier molecular flexibility index (Phi) is 4.85. The summed E-state index contributed by atoms with van der Waals surface area (Å²) in [6, 6.07) is 7.65. The van der Waals surface area contributed by atoms with Crippen molar-refractivity contribution >= 4 is 40.9 Å². The van der Waals surface area contributed by atoms with E-state index in [0.29, 0.717) is 22.5 Å². The summed E-state index contributed by atoms with van der Waals surface area (Å²) in [5, 5.41) is 13.1. The third-order valence-corrected chi connectivity index (χ3v) is 5.57. The minimum atomic E-state index is -0.0691. The normalized spacial score (nSPS) is 17.1. The van der Waals surface area contributed by atoms with Crippen LogP contribution in [-0.2, 0) is 4.79 Å². The summed E-state index contributed by atoms with van der Waals surface area (Å²) in [5.74, 6) is 1.20. The second-order valence-corrected chi connectivity index (χ2v) is 7.80. The van der Waals surface area contributed by atoms with Crippen LogP contribution < -0.4 is 10.2 Å². The first-order valence-electron chi connectivity index (χ1n) is 8.59. The molecule has 1 N–H and O–H groups in total. The van der Waals surface area contributed by atoms with Crippen LogP contribution in [0.2, 0.25) is 5.02 Å². The lowest BCUT2D eigenvalue weighted by atomic mass is 10.3. The first-order chi connectivity index (χ1) is 12.2. The van der Waals surface area contributed by atoms with Gasteiger partial charge in [0.15, 0.2) is 5.16 Å². The van der Waals surface area contributed by atoms with Gasteiger partial charge in [0.1, 0.15) is 0 Å². The van der Waals surface area contributed by atoms with E-state index in [-0.39, 0.29) is 5.91 Å². The lowest BCUT2D eigenvalue weighted by molar-refractivity contribution is -0.113. The van der Waals surface area contributed by atoms with Crippen molar-refractivity contribution in [1.29, 1.82) is 0 Å². The largest absolute Gasteiger partial charge is 0.341 e. The fourth-order valence-corrected chi connectivity index (χ4v) is 4.04. The molecule has 0 spiro atoms. The Bertz CT molecular complexity index is 770. The molecule has 2 fully saturated rings. The molecule has 1 aliphatic heterocycles. The number of amides is 1. The van der Waals surface area contributed by atoms with Gasteiger partial charge in [-0.25, -0.2) is 0 Å². The van der Waals surface area contributed by atoms with Crippen LogP contribution in [0, 0.1) is 0 Å². The van der Waals surface area contributed by atoms with Crippen molar-refractivity contribution in [3.05, 3.63) is 29.3 Å². The van der Waals surface area contributed by atoms with Crippen molar-refractivity contribution in [3.63, 3.8) is 0 Å². The van der Waals surface area contributed by atoms with Gasteiger partial charge in [0.25, 0.3) is 0 Å². The molecule has 8 heteroatoms. The molecule has 132 valence electrons. The highest BCUT2D eigenvalue weighted by Crippen LogP contribution is 2.41. The van der Waals surface area contributed by atoms with Gasteiger partial charge in [-0.05, 0) is 43.9 Å². The lowest BCUT2D eigenvalue weighted by Crippen LogP contribution is -2.22. The summed E-state index contributed by atoms with van der Waals surface area (Å²) in [4.78, 5) is 14.5. The quantitative estimate of drug-likeness (QED) is 0.779. The second kappa shape index (κ2) is 7.25. The van der Waals surface area contributed by atoms with Gasteiger partial charge in [-0.15, -0.1) is 10.2 Å². The van der Waals surface area contributed by atoms with Crippen molar-refractivity contribution in [1.82, 2.24) is 14.8 Å². The van der Waals surface area contributed by atoms with Gasteiger partial charge in [0, 0.05) is 29.8 Å². The molecule has 1 aromatic heterocycles. The van der Waals surface area contributed by atoms with Gasteiger partial charge in [0.2, 0.25) is 11.9 Å². The maximum Gasteiger partial charge on any atom is 0.234 e. The number of rotatable bonds is 6. The fraction of sp³-hybridized carbons (Fsp3) is 0.471. The monoisotopic (exact) mass is 377 g/mol. The molecular weight excluding hydrogens is 358 g/mol. The summed E-state index contributed by atoms with van der Waals surface area (Å²) >= 11 is 7.39. The Hall–Kier alpha value is -1.73. The van der Waals surface area contributed by atoms with Crippen LogP contribution in [0.25, 0.3) is 0 Å². The molecule has 0 bridgehead atoms. The Morgan fingerprint density at radius 2 is 2.08 bits per heavy atom. The minimum absolute atomic E-state index is 0.0691. The van der Waals surface area contributed by atoms with Gasteiger partial charge in [-0.2, -0.15) is 0 Å². The zero-order valence-corrected chi connectivity index (χ0v) is 15.4. The standard InChI is InChI=1S/C17H20ClN5OS/c18-12-4-3-5-13(10-12)19-15(24)11-25-17-21-20-16(22-8-1-2-9-22)23(17)14-6-7-14/h3-5,10,14H,1-2,6-9,11H2,(H,19,24). The van der Waals surface area contributed by atoms with Crippen LogP contribution in [0.1, 0.15) is 31.7 Å². The predicted octanol–water partition coefficient (Wildman–Crippen LogP) is 3.60. The number of nitrogens with one attached hydrogen (secondary N) is 1. The predicted molar refractivity (Wildman–Crippen MR) is 101 cm³/mol. The molecule has 2 aromatic rings. The Labute approximate surface area is 155 Å². The third-order valence-electron chi connectivity index (χ3n) is 4.39. The van der Waals surface area contributed by atoms with Crippen LogP contribution in [0.3, 0.4) is 0 Å². The molecule has 0 radical (unpaired) electrons. The van der Waals surface area contributed by atoms with Crippen molar-refractivity contribution in [2.24, 2.45) is 0 Å². The van der Waals surface area contributed by atoms with Crippen molar-refractivity contribution in [3.8, 4) is 0 Å². The van der Waals surface area contributed by atoms with Crippen molar-refractivity contribution in [2.75, 3.05) is 29.1 Å². The Morgan fingerprint density at radius 1 is 1.28 bits per heavy atom. The third kappa shape index (κ3) is 3.93. The zero-order valence-electron chi connectivity index (χ0n) is 13.8. The SMILES string of the molecule is O=C(CSc1nnc(N2CCCC2)n1C1CC1)Nc1cccc(Cl)c1. The highest BCUT2D eigenvalue weighted by atomic mass is 35.5. The molecule has 0 atom stereocenters. The molecule has 6 nitrogen and oxygen atoms in total. The fourth-order valence-electron chi connectivity index (χ4n) is 3.05.